The van der Waals surface area contributed by atoms with Crippen molar-refractivity contribution < 1.29 is 5.11 Å². The van der Waals surface area contributed by atoms with Crippen LogP contribution in [-0.2, 0) is 6.54 Å². The molecule has 0 amide bonds. The molecule has 1 aromatic rings. The van der Waals surface area contributed by atoms with Gasteiger partial charge in [0.15, 0.2) is 0 Å². The molecule has 1 saturated heterocycles. The summed E-state index contributed by atoms with van der Waals surface area (Å²) in [5, 5.41) is 13.3. The Labute approximate surface area is 129 Å². The molecule has 2 atom stereocenters. The molecule has 1 aromatic carbocycles. The van der Waals surface area contributed by atoms with Crippen molar-refractivity contribution >= 4 is 5.69 Å². The molecule has 1 aliphatic heterocycles. The maximum Gasteiger partial charge on any atom is 0.0557 e. The first-order valence-corrected chi connectivity index (χ1v) is 8.04. The molecule has 2 N–H and O–H groups in total. The molecule has 0 spiro atoms. The minimum Gasteiger partial charge on any atom is -0.393 e. The number of benzene rings is 1. The fraction of sp³-hybridized carbons (Fsp3) is 0.667. The average molecular weight is 290 g/mol. The third-order valence-corrected chi connectivity index (χ3v) is 4.41. The molecule has 0 bridgehead atoms. The first kappa shape index (κ1) is 16.3. The van der Waals surface area contributed by atoms with Crippen molar-refractivity contribution in [2.24, 2.45) is 5.92 Å². The second kappa shape index (κ2) is 6.37. The Kier molecular flexibility index (Phi) is 4.95. The zero-order valence-corrected chi connectivity index (χ0v) is 14.1. The van der Waals surface area contributed by atoms with Crippen molar-refractivity contribution in [3.05, 3.63) is 29.3 Å². The summed E-state index contributed by atoms with van der Waals surface area (Å²) >= 11 is 0. The number of nitrogens with one attached hydrogen (secondary N) is 1. The van der Waals surface area contributed by atoms with Gasteiger partial charge in [-0.3, -0.25) is 0 Å². The van der Waals surface area contributed by atoms with Crippen molar-refractivity contribution in [1.29, 1.82) is 0 Å². The first-order valence-electron chi connectivity index (χ1n) is 8.04. The molecule has 1 aliphatic rings. The predicted octanol–water partition coefficient (Wildman–Crippen LogP) is 3.09. The van der Waals surface area contributed by atoms with Crippen LogP contribution in [0, 0.1) is 12.8 Å². The van der Waals surface area contributed by atoms with E-state index in [9.17, 15) is 5.11 Å². The van der Waals surface area contributed by atoms with Gasteiger partial charge in [-0.05, 0) is 64.3 Å². The zero-order valence-electron chi connectivity index (χ0n) is 14.1. The SMILES string of the molecule is Cc1cc(N2CCC(C(C)O)C2)ccc1CNC(C)(C)C. The van der Waals surface area contributed by atoms with Crippen LogP contribution in [0.4, 0.5) is 5.69 Å². The predicted molar refractivity (Wildman–Crippen MR) is 89.8 cm³/mol. The quantitative estimate of drug-likeness (QED) is 0.894. The normalized spacial score (nSPS) is 20.9. The maximum atomic E-state index is 9.73. The Bertz CT molecular complexity index is 477. The van der Waals surface area contributed by atoms with Crippen molar-refractivity contribution in [2.45, 2.75) is 59.2 Å². The lowest BCUT2D eigenvalue weighted by atomic mass is 10.0. The number of rotatable bonds is 4. The third-order valence-electron chi connectivity index (χ3n) is 4.41. The van der Waals surface area contributed by atoms with Gasteiger partial charge in [-0.25, -0.2) is 0 Å². The molecule has 3 heteroatoms. The van der Waals surface area contributed by atoms with Gasteiger partial charge in [0.2, 0.25) is 0 Å². The molecule has 0 saturated carbocycles. The minimum atomic E-state index is -0.202. The first-order chi connectivity index (χ1) is 9.76. The molecular formula is C18H30N2O. The molecular weight excluding hydrogens is 260 g/mol. The standard InChI is InChI=1S/C18H30N2O/c1-13-10-17(20-9-8-16(12-20)14(2)21)7-6-15(13)11-19-18(3,4)5/h6-7,10,14,16,19,21H,8-9,11-12H2,1-5H3. The second-order valence-corrected chi connectivity index (χ2v) is 7.45. The van der Waals surface area contributed by atoms with Gasteiger partial charge < -0.3 is 15.3 Å². The summed E-state index contributed by atoms with van der Waals surface area (Å²) < 4.78 is 0. The number of aryl methyl sites for hydroxylation is 1. The lowest BCUT2D eigenvalue weighted by molar-refractivity contribution is 0.136. The molecule has 1 fully saturated rings. The number of nitrogens with zero attached hydrogens (tertiary/aromatic N) is 1. The maximum absolute atomic E-state index is 9.73. The highest BCUT2D eigenvalue weighted by molar-refractivity contribution is 5.51. The van der Waals surface area contributed by atoms with E-state index in [0.717, 1.165) is 26.1 Å². The fourth-order valence-corrected chi connectivity index (χ4v) is 2.85. The van der Waals surface area contributed by atoms with E-state index in [4.69, 9.17) is 0 Å². The number of hydrogen-bond donors (Lipinski definition) is 2. The molecule has 2 rings (SSSR count). The second-order valence-electron chi connectivity index (χ2n) is 7.45. The van der Waals surface area contributed by atoms with Crippen LogP contribution in [0.15, 0.2) is 18.2 Å². The van der Waals surface area contributed by atoms with E-state index in [1.165, 1.54) is 16.8 Å². The summed E-state index contributed by atoms with van der Waals surface area (Å²) in [6, 6.07) is 6.74. The number of anilines is 1. The lowest BCUT2D eigenvalue weighted by Crippen LogP contribution is -2.35. The molecule has 118 valence electrons. The summed E-state index contributed by atoms with van der Waals surface area (Å²) in [6.45, 7) is 13.6. The molecule has 3 nitrogen and oxygen atoms in total. The van der Waals surface area contributed by atoms with E-state index >= 15 is 0 Å². The van der Waals surface area contributed by atoms with E-state index in [1.54, 1.807) is 0 Å². The van der Waals surface area contributed by atoms with Crippen LogP contribution in [-0.4, -0.2) is 29.8 Å². The van der Waals surface area contributed by atoms with E-state index in [2.05, 4.69) is 56.1 Å². The van der Waals surface area contributed by atoms with Gasteiger partial charge in [-0.1, -0.05) is 6.07 Å². The highest BCUT2D eigenvalue weighted by Gasteiger charge is 2.26. The van der Waals surface area contributed by atoms with Gasteiger partial charge in [0.05, 0.1) is 6.10 Å². The number of aliphatic hydroxyl groups is 1. The van der Waals surface area contributed by atoms with Gasteiger partial charge >= 0.3 is 0 Å². The third kappa shape index (κ3) is 4.45. The number of hydrogen-bond acceptors (Lipinski definition) is 3. The van der Waals surface area contributed by atoms with E-state index in [-0.39, 0.29) is 11.6 Å². The molecule has 21 heavy (non-hydrogen) atoms. The van der Waals surface area contributed by atoms with E-state index < -0.39 is 0 Å². The summed E-state index contributed by atoms with van der Waals surface area (Å²) in [4.78, 5) is 2.39. The van der Waals surface area contributed by atoms with Crippen LogP contribution in [0.2, 0.25) is 0 Å². The highest BCUT2D eigenvalue weighted by atomic mass is 16.3. The van der Waals surface area contributed by atoms with Crippen molar-refractivity contribution in [1.82, 2.24) is 5.32 Å². The zero-order chi connectivity index (χ0) is 15.6. The van der Waals surface area contributed by atoms with Crippen LogP contribution in [0.1, 0.15) is 45.2 Å². The molecule has 1 heterocycles. The van der Waals surface area contributed by atoms with Gasteiger partial charge in [0, 0.05) is 36.8 Å². The summed E-state index contributed by atoms with van der Waals surface area (Å²) in [7, 11) is 0. The lowest BCUT2D eigenvalue weighted by Gasteiger charge is -2.23. The van der Waals surface area contributed by atoms with Crippen LogP contribution >= 0.6 is 0 Å². The van der Waals surface area contributed by atoms with Gasteiger partial charge in [-0.2, -0.15) is 0 Å². The van der Waals surface area contributed by atoms with Gasteiger partial charge in [-0.15, -0.1) is 0 Å². The Morgan fingerprint density at radius 2 is 2.10 bits per heavy atom. The highest BCUT2D eigenvalue weighted by Crippen LogP contribution is 2.27. The van der Waals surface area contributed by atoms with Gasteiger partial charge in [0.1, 0.15) is 0 Å². The van der Waals surface area contributed by atoms with E-state index in [1.807, 2.05) is 6.92 Å². The van der Waals surface area contributed by atoms with Crippen molar-refractivity contribution in [3.8, 4) is 0 Å². The molecule has 0 radical (unpaired) electrons. The Morgan fingerprint density at radius 1 is 1.38 bits per heavy atom. The van der Waals surface area contributed by atoms with Gasteiger partial charge in [0.25, 0.3) is 0 Å². The average Bonchev–Trinajstić information content (AvgIpc) is 2.85. The van der Waals surface area contributed by atoms with Crippen molar-refractivity contribution in [2.75, 3.05) is 18.0 Å². The Balaban J connectivity index is 2.02. The Hall–Kier alpha value is -1.06. The van der Waals surface area contributed by atoms with Crippen LogP contribution in [0.3, 0.4) is 0 Å². The van der Waals surface area contributed by atoms with Crippen LogP contribution in [0.5, 0.6) is 0 Å². The summed E-state index contributed by atoms with van der Waals surface area (Å²) in [5.41, 5.74) is 4.13. The van der Waals surface area contributed by atoms with E-state index in [0.29, 0.717) is 5.92 Å². The number of aliphatic hydroxyl groups excluding tert-OH is 1. The Morgan fingerprint density at radius 3 is 2.62 bits per heavy atom. The molecule has 0 aliphatic carbocycles. The largest absolute Gasteiger partial charge is 0.393 e. The van der Waals surface area contributed by atoms with Crippen LogP contribution < -0.4 is 10.2 Å². The monoisotopic (exact) mass is 290 g/mol. The summed E-state index contributed by atoms with van der Waals surface area (Å²) in [5.74, 6) is 0.410. The smallest absolute Gasteiger partial charge is 0.0557 e. The topological polar surface area (TPSA) is 35.5 Å². The minimum absolute atomic E-state index is 0.143. The van der Waals surface area contributed by atoms with Crippen LogP contribution in [0.25, 0.3) is 0 Å². The fourth-order valence-electron chi connectivity index (χ4n) is 2.85. The van der Waals surface area contributed by atoms with Crippen molar-refractivity contribution in [3.63, 3.8) is 0 Å². The molecule has 2 unspecified atom stereocenters. The molecule has 0 aromatic heterocycles. The summed E-state index contributed by atoms with van der Waals surface area (Å²) in [6.07, 6.45) is 0.885.